The molecule has 0 aliphatic heterocycles. The Balaban J connectivity index is 1.56. The lowest BCUT2D eigenvalue weighted by molar-refractivity contribution is -0.123. The van der Waals surface area contributed by atoms with Crippen LogP contribution in [0.25, 0.3) is 10.9 Å². The average molecular weight is 378 g/mol. The van der Waals surface area contributed by atoms with Gasteiger partial charge in [0.2, 0.25) is 0 Å². The first-order valence-corrected chi connectivity index (χ1v) is 8.93. The quantitative estimate of drug-likeness (QED) is 0.679. The van der Waals surface area contributed by atoms with Gasteiger partial charge in [0, 0.05) is 22.7 Å². The van der Waals surface area contributed by atoms with Crippen molar-refractivity contribution in [1.29, 1.82) is 0 Å². The van der Waals surface area contributed by atoms with Crippen LogP contribution in [0, 0.1) is 0 Å². The Morgan fingerprint density at radius 2 is 1.68 bits per heavy atom. The highest BCUT2D eigenvalue weighted by molar-refractivity contribution is 6.07. The lowest BCUT2D eigenvalue weighted by atomic mass is 9.87. The van der Waals surface area contributed by atoms with Gasteiger partial charge in [-0.25, -0.2) is 4.79 Å². The van der Waals surface area contributed by atoms with E-state index in [1.807, 2.05) is 30.3 Å². The summed E-state index contributed by atoms with van der Waals surface area (Å²) in [6.07, 6.45) is 1.53. The highest BCUT2D eigenvalue weighted by Gasteiger charge is 2.17. The number of aromatic amines is 1. The summed E-state index contributed by atoms with van der Waals surface area (Å²) >= 11 is 0. The molecule has 28 heavy (non-hydrogen) atoms. The van der Waals surface area contributed by atoms with Crippen LogP contribution in [-0.4, -0.2) is 29.4 Å². The molecule has 0 atom stereocenters. The fourth-order valence-corrected chi connectivity index (χ4v) is 2.81. The van der Waals surface area contributed by atoms with Gasteiger partial charge in [0.25, 0.3) is 11.8 Å². The molecule has 6 heteroatoms. The fourth-order valence-electron chi connectivity index (χ4n) is 2.81. The van der Waals surface area contributed by atoms with E-state index in [2.05, 4.69) is 31.1 Å². The molecule has 1 aromatic heterocycles. The molecule has 3 rings (SSSR count). The number of hydrogen-bond donors (Lipinski definition) is 2. The topological polar surface area (TPSA) is 88.3 Å². The van der Waals surface area contributed by atoms with E-state index in [-0.39, 0.29) is 5.41 Å². The summed E-state index contributed by atoms with van der Waals surface area (Å²) in [6, 6.07) is 14.3. The summed E-state index contributed by atoms with van der Waals surface area (Å²) in [6.45, 7) is 5.69. The fraction of sp³-hybridized carbons (Fsp3) is 0.227. The van der Waals surface area contributed by atoms with Gasteiger partial charge in [-0.15, -0.1) is 0 Å². The molecule has 0 fully saturated rings. The van der Waals surface area contributed by atoms with Gasteiger partial charge < -0.3 is 9.72 Å². The summed E-state index contributed by atoms with van der Waals surface area (Å²) < 4.78 is 5.03. The third-order valence-corrected chi connectivity index (χ3v) is 4.41. The maximum Gasteiger partial charge on any atom is 0.340 e. The highest BCUT2D eigenvalue weighted by atomic mass is 16.5. The van der Waals surface area contributed by atoms with Crippen molar-refractivity contribution in [3.05, 3.63) is 71.4 Å². The number of amides is 2. The van der Waals surface area contributed by atoms with Crippen molar-refractivity contribution in [2.24, 2.45) is 0 Å². The Morgan fingerprint density at radius 1 is 1.00 bits per heavy atom. The Bertz CT molecular complexity index is 1030. The molecule has 0 bridgehead atoms. The van der Waals surface area contributed by atoms with Crippen LogP contribution in [0.3, 0.4) is 0 Å². The van der Waals surface area contributed by atoms with Gasteiger partial charge in [-0.3, -0.25) is 14.9 Å². The van der Waals surface area contributed by atoms with Crippen molar-refractivity contribution in [2.45, 2.75) is 26.2 Å². The molecule has 0 aliphatic carbocycles. The van der Waals surface area contributed by atoms with Crippen LogP contribution >= 0.6 is 0 Å². The van der Waals surface area contributed by atoms with Gasteiger partial charge >= 0.3 is 5.97 Å². The molecular weight excluding hydrogens is 356 g/mol. The SMILES string of the molecule is CC(C)(C)c1ccc(C(=O)NC(=O)COC(=O)c2c[nH]c3ccccc23)cc1. The van der Waals surface area contributed by atoms with Crippen LogP contribution in [0.1, 0.15) is 47.1 Å². The van der Waals surface area contributed by atoms with Crippen LogP contribution < -0.4 is 5.32 Å². The van der Waals surface area contributed by atoms with Crippen LogP contribution in [-0.2, 0) is 14.9 Å². The van der Waals surface area contributed by atoms with E-state index >= 15 is 0 Å². The number of carbonyl (C=O) groups is 3. The molecule has 0 saturated carbocycles. The number of hydrogen-bond acceptors (Lipinski definition) is 4. The van der Waals surface area contributed by atoms with E-state index in [9.17, 15) is 14.4 Å². The van der Waals surface area contributed by atoms with Crippen LogP contribution in [0.4, 0.5) is 0 Å². The molecule has 1 heterocycles. The van der Waals surface area contributed by atoms with Crippen molar-refractivity contribution in [3.8, 4) is 0 Å². The predicted octanol–water partition coefficient (Wildman–Crippen LogP) is 3.58. The zero-order valence-corrected chi connectivity index (χ0v) is 16.0. The second kappa shape index (κ2) is 7.68. The van der Waals surface area contributed by atoms with E-state index in [4.69, 9.17) is 4.74 Å². The maximum atomic E-state index is 12.2. The number of esters is 1. The van der Waals surface area contributed by atoms with Gasteiger partial charge in [-0.05, 0) is 29.2 Å². The van der Waals surface area contributed by atoms with Gasteiger partial charge in [-0.1, -0.05) is 51.1 Å². The molecule has 0 spiro atoms. The number of rotatable bonds is 4. The molecule has 144 valence electrons. The largest absolute Gasteiger partial charge is 0.452 e. The van der Waals surface area contributed by atoms with Gasteiger partial charge in [0.15, 0.2) is 6.61 Å². The number of carbonyl (C=O) groups excluding carboxylic acids is 3. The van der Waals surface area contributed by atoms with Crippen molar-refractivity contribution in [2.75, 3.05) is 6.61 Å². The smallest absolute Gasteiger partial charge is 0.340 e. The van der Waals surface area contributed by atoms with Crippen molar-refractivity contribution in [3.63, 3.8) is 0 Å². The molecule has 3 aromatic rings. The number of ether oxygens (including phenoxy) is 1. The number of imide groups is 1. The minimum Gasteiger partial charge on any atom is -0.452 e. The van der Waals surface area contributed by atoms with Crippen molar-refractivity contribution >= 4 is 28.7 Å². The van der Waals surface area contributed by atoms with E-state index in [1.165, 1.54) is 6.20 Å². The second-order valence-electron chi connectivity index (χ2n) is 7.53. The number of nitrogens with one attached hydrogen (secondary N) is 2. The lowest BCUT2D eigenvalue weighted by Gasteiger charge is -2.18. The Hall–Kier alpha value is -3.41. The van der Waals surface area contributed by atoms with Crippen molar-refractivity contribution in [1.82, 2.24) is 10.3 Å². The molecule has 2 N–H and O–H groups in total. The Morgan fingerprint density at radius 3 is 2.36 bits per heavy atom. The number of aromatic nitrogens is 1. The van der Waals surface area contributed by atoms with Crippen LogP contribution in [0.5, 0.6) is 0 Å². The summed E-state index contributed by atoms with van der Waals surface area (Å²) in [5, 5.41) is 2.94. The number of para-hydroxylation sites is 1. The first-order valence-electron chi connectivity index (χ1n) is 8.93. The van der Waals surface area contributed by atoms with Crippen LogP contribution in [0.15, 0.2) is 54.7 Å². The Kier molecular flexibility index (Phi) is 5.31. The van der Waals surface area contributed by atoms with E-state index in [0.717, 1.165) is 11.1 Å². The summed E-state index contributed by atoms with van der Waals surface area (Å²) in [4.78, 5) is 39.3. The molecule has 0 aliphatic rings. The maximum absolute atomic E-state index is 12.2. The minimum atomic E-state index is -0.682. The number of benzene rings is 2. The van der Waals surface area contributed by atoms with E-state index in [1.54, 1.807) is 18.2 Å². The normalized spacial score (nSPS) is 11.2. The lowest BCUT2D eigenvalue weighted by Crippen LogP contribution is -2.34. The number of H-pyrrole nitrogens is 1. The molecule has 2 amide bonds. The third kappa shape index (κ3) is 4.28. The second-order valence-corrected chi connectivity index (χ2v) is 7.53. The molecule has 0 saturated heterocycles. The third-order valence-electron chi connectivity index (χ3n) is 4.41. The predicted molar refractivity (Wildman–Crippen MR) is 106 cm³/mol. The molecule has 6 nitrogen and oxygen atoms in total. The van der Waals surface area contributed by atoms with Gasteiger partial charge in [0.1, 0.15) is 0 Å². The molecular formula is C22H22N2O4. The Labute approximate surface area is 162 Å². The zero-order chi connectivity index (χ0) is 20.3. The zero-order valence-electron chi connectivity index (χ0n) is 16.0. The minimum absolute atomic E-state index is 0.0264. The van der Waals surface area contributed by atoms with Crippen LogP contribution in [0.2, 0.25) is 0 Å². The first-order chi connectivity index (χ1) is 13.3. The molecule has 0 radical (unpaired) electrons. The van der Waals surface area contributed by atoms with E-state index in [0.29, 0.717) is 16.5 Å². The van der Waals surface area contributed by atoms with Gasteiger partial charge in [-0.2, -0.15) is 0 Å². The van der Waals surface area contributed by atoms with Gasteiger partial charge in [0.05, 0.1) is 5.56 Å². The average Bonchev–Trinajstić information content (AvgIpc) is 3.10. The standard InChI is InChI=1S/C22H22N2O4/c1-22(2,3)15-10-8-14(9-11-15)20(26)24-19(25)13-28-21(27)17-12-23-18-7-5-4-6-16(17)18/h4-12,23H,13H2,1-3H3,(H,24,25,26). The summed E-state index contributed by atoms with van der Waals surface area (Å²) in [5.74, 6) is -1.85. The van der Waals surface area contributed by atoms with E-state index < -0.39 is 24.4 Å². The molecule has 0 unspecified atom stereocenters. The highest BCUT2D eigenvalue weighted by Crippen LogP contribution is 2.22. The van der Waals surface area contributed by atoms with Crippen molar-refractivity contribution < 1.29 is 19.1 Å². The molecule has 2 aromatic carbocycles. The monoisotopic (exact) mass is 378 g/mol. The number of fused-ring (bicyclic) bond motifs is 1. The summed E-state index contributed by atoms with van der Waals surface area (Å²) in [5.41, 5.74) is 2.56. The summed E-state index contributed by atoms with van der Waals surface area (Å²) in [7, 11) is 0. The first kappa shape index (κ1) is 19.4.